The van der Waals surface area contributed by atoms with Gasteiger partial charge in [0.05, 0.1) is 16.2 Å². The second-order valence-corrected chi connectivity index (χ2v) is 7.06. The lowest BCUT2D eigenvalue weighted by atomic mass is 10.1. The third-order valence-corrected chi connectivity index (χ3v) is 5.25. The van der Waals surface area contributed by atoms with E-state index < -0.39 is 21.6 Å². The summed E-state index contributed by atoms with van der Waals surface area (Å²) in [4.78, 5) is 3.49. The Hall–Kier alpha value is -1.41. The molecule has 0 unspecified atom stereocenters. The van der Waals surface area contributed by atoms with E-state index in [2.05, 4.69) is 4.98 Å². The van der Waals surface area contributed by atoms with Gasteiger partial charge in [0.1, 0.15) is 5.01 Å². The Morgan fingerprint density at radius 2 is 2.00 bits per heavy atom. The Bertz CT molecular complexity index is 707. The lowest BCUT2D eigenvalue weighted by Gasteiger charge is -2.15. The molecule has 0 saturated carbocycles. The lowest BCUT2D eigenvalue weighted by Crippen LogP contribution is -2.12. The van der Waals surface area contributed by atoms with Gasteiger partial charge in [-0.3, -0.25) is 0 Å². The zero-order valence-electron chi connectivity index (χ0n) is 10.3. The van der Waals surface area contributed by atoms with Gasteiger partial charge in [0, 0.05) is 17.1 Å². The SMILES string of the molecule is CCS(=O)(=O)c1cccc(C(F)(F)F)c1-c1nccs1. The lowest BCUT2D eigenvalue weighted by molar-refractivity contribution is -0.137. The zero-order chi connectivity index (χ0) is 15.0. The van der Waals surface area contributed by atoms with E-state index in [0.717, 1.165) is 23.5 Å². The number of sulfone groups is 1. The molecule has 1 aromatic heterocycles. The van der Waals surface area contributed by atoms with Gasteiger partial charge in [-0.2, -0.15) is 13.2 Å². The van der Waals surface area contributed by atoms with Crippen molar-refractivity contribution in [1.82, 2.24) is 4.98 Å². The van der Waals surface area contributed by atoms with Crippen molar-refractivity contribution in [3.05, 3.63) is 35.3 Å². The van der Waals surface area contributed by atoms with Gasteiger partial charge in [0.2, 0.25) is 0 Å². The average Bonchev–Trinajstić information content (AvgIpc) is 2.90. The van der Waals surface area contributed by atoms with Gasteiger partial charge < -0.3 is 0 Å². The first-order valence-corrected chi connectivity index (χ1v) is 8.13. The van der Waals surface area contributed by atoms with Gasteiger partial charge >= 0.3 is 6.18 Å². The Balaban J connectivity index is 2.84. The summed E-state index contributed by atoms with van der Waals surface area (Å²) in [6.07, 6.45) is -3.30. The van der Waals surface area contributed by atoms with Gasteiger partial charge in [0.25, 0.3) is 0 Å². The molecule has 0 radical (unpaired) electrons. The second kappa shape index (κ2) is 5.17. The van der Waals surface area contributed by atoms with Crippen molar-refractivity contribution in [1.29, 1.82) is 0 Å². The van der Waals surface area contributed by atoms with Crippen LogP contribution in [0.25, 0.3) is 10.6 Å². The Labute approximate surface area is 118 Å². The average molecular weight is 321 g/mol. The van der Waals surface area contributed by atoms with Gasteiger partial charge in [0.15, 0.2) is 9.84 Å². The van der Waals surface area contributed by atoms with E-state index in [9.17, 15) is 21.6 Å². The fourth-order valence-electron chi connectivity index (χ4n) is 1.75. The minimum absolute atomic E-state index is 0.0463. The fourth-order valence-corrected chi connectivity index (χ4v) is 3.64. The maximum Gasteiger partial charge on any atom is 0.417 e. The van der Waals surface area contributed by atoms with Crippen molar-refractivity contribution < 1.29 is 21.6 Å². The molecule has 20 heavy (non-hydrogen) atoms. The summed E-state index contributed by atoms with van der Waals surface area (Å²) < 4.78 is 63.3. The van der Waals surface area contributed by atoms with E-state index >= 15 is 0 Å². The molecule has 0 saturated heterocycles. The predicted molar refractivity (Wildman–Crippen MR) is 70.3 cm³/mol. The largest absolute Gasteiger partial charge is 0.417 e. The first kappa shape index (κ1) is 15.0. The van der Waals surface area contributed by atoms with Crippen LogP contribution < -0.4 is 0 Å². The van der Waals surface area contributed by atoms with Crippen LogP contribution in [0.15, 0.2) is 34.7 Å². The van der Waals surface area contributed by atoms with Crippen LogP contribution in [0, 0.1) is 0 Å². The highest BCUT2D eigenvalue weighted by Crippen LogP contribution is 2.41. The van der Waals surface area contributed by atoms with Crippen LogP contribution in [-0.4, -0.2) is 19.2 Å². The number of halogens is 3. The van der Waals surface area contributed by atoms with Crippen LogP contribution in [0.2, 0.25) is 0 Å². The number of nitrogens with zero attached hydrogens (tertiary/aromatic N) is 1. The van der Waals surface area contributed by atoms with Crippen LogP contribution in [0.1, 0.15) is 12.5 Å². The Morgan fingerprint density at radius 1 is 1.30 bits per heavy atom. The molecule has 1 aromatic carbocycles. The summed E-state index contributed by atoms with van der Waals surface area (Å²) in [5.74, 6) is -0.271. The molecular weight excluding hydrogens is 311 g/mol. The minimum atomic E-state index is -4.64. The van der Waals surface area contributed by atoms with Crippen molar-refractivity contribution in [3.63, 3.8) is 0 Å². The molecule has 0 fully saturated rings. The van der Waals surface area contributed by atoms with E-state index in [4.69, 9.17) is 0 Å². The molecule has 0 aliphatic carbocycles. The molecule has 1 heterocycles. The number of hydrogen-bond acceptors (Lipinski definition) is 4. The number of rotatable bonds is 3. The quantitative estimate of drug-likeness (QED) is 0.867. The van der Waals surface area contributed by atoms with Gasteiger partial charge in [-0.15, -0.1) is 11.3 Å². The van der Waals surface area contributed by atoms with Crippen molar-refractivity contribution in [3.8, 4) is 10.6 Å². The maximum atomic E-state index is 13.1. The van der Waals surface area contributed by atoms with Gasteiger partial charge in [-0.1, -0.05) is 13.0 Å². The number of alkyl halides is 3. The molecule has 2 aromatic rings. The van der Waals surface area contributed by atoms with Crippen LogP contribution in [0.3, 0.4) is 0 Å². The predicted octanol–water partition coefficient (Wildman–Crippen LogP) is 3.62. The maximum absolute atomic E-state index is 13.1. The van der Waals surface area contributed by atoms with Crippen LogP contribution in [0.5, 0.6) is 0 Å². The standard InChI is InChI=1S/C12H10F3NO2S2/c1-2-20(17,18)9-5-3-4-8(12(13,14)15)10(9)11-16-6-7-19-11/h3-7H,2H2,1H3. The fraction of sp³-hybridized carbons (Fsp3) is 0.250. The molecule has 3 nitrogen and oxygen atoms in total. The second-order valence-electron chi connectivity index (χ2n) is 3.92. The molecule has 2 rings (SSSR count). The molecule has 108 valence electrons. The molecular formula is C12H10F3NO2S2. The van der Waals surface area contributed by atoms with E-state index in [0.29, 0.717) is 0 Å². The first-order chi connectivity index (χ1) is 9.27. The Morgan fingerprint density at radius 3 is 2.50 bits per heavy atom. The summed E-state index contributed by atoms with van der Waals surface area (Å²) in [5, 5.41) is 1.55. The monoisotopic (exact) mass is 321 g/mol. The highest BCUT2D eigenvalue weighted by Gasteiger charge is 2.37. The van der Waals surface area contributed by atoms with E-state index in [1.165, 1.54) is 24.6 Å². The highest BCUT2D eigenvalue weighted by molar-refractivity contribution is 7.91. The van der Waals surface area contributed by atoms with Crippen molar-refractivity contribution in [2.45, 2.75) is 18.0 Å². The van der Waals surface area contributed by atoms with Crippen molar-refractivity contribution >= 4 is 21.2 Å². The molecule has 0 aliphatic heterocycles. The molecule has 0 atom stereocenters. The summed E-state index contributed by atoms with van der Waals surface area (Å²) >= 11 is 0.972. The third-order valence-electron chi connectivity index (χ3n) is 2.69. The minimum Gasteiger partial charge on any atom is -0.244 e. The van der Waals surface area contributed by atoms with Crippen molar-refractivity contribution in [2.75, 3.05) is 5.75 Å². The number of thiazole rings is 1. The normalized spacial score (nSPS) is 12.6. The molecule has 0 N–H and O–H groups in total. The smallest absolute Gasteiger partial charge is 0.244 e. The first-order valence-electron chi connectivity index (χ1n) is 5.60. The van der Waals surface area contributed by atoms with Gasteiger partial charge in [-0.25, -0.2) is 13.4 Å². The van der Waals surface area contributed by atoms with Gasteiger partial charge in [-0.05, 0) is 12.1 Å². The molecule has 8 heteroatoms. The number of hydrogen-bond donors (Lipinski definition) is 0. The van der Waals surface area contributed by atoms with Crippen molar-refractivity contribution in [2.24, 2.45) is 0 Å². The molecule has 0 bridgehead atoms. The molecule has 0 aliphatic rings. The van der Waals surface area contributed by atoms with Crippen LogP contribution in [0.4, 0.5) is 13.2 Å². The van der Waals surface area contributed by atoms with Crippen LogP contribution in [-0.2, 0) is 16.0 Å². The topological polar surface area (TPSA) is 47.0 Å². The molecule has 0 amide bonds. The number of aromatic nitrogens is 1. The summed E-state index contributed by atoms with van der Waals surface area (Å²) in [5.41, 5.74) is -1.35. The molecule has 0 spiro atoms. The Kier molecular flexibility index (Phi) is 3.88. The zero-order valence-corrected chi connectivity index (χ0v) is 11.9. The highest BCUT2D eigenvalue weighted by atomic mass is 32.2. The summed E-state index contributed by atoms with van der Waals surface area (Å²) in [6, 6.07) is 3.15. The van der Waals surface area contributed by atoms with Crippen LogP contribution >= 0.6 is 11.3 Å². The van der Waals surface area contributed by atoms with E-state index in [1.54, 1.807) is 0 Å². The number of benzene rings is 1. The summed E-state index contributed by atoms with van der Waals surface area (Å²) in [7, 11) is -3.77. The van der Waals surface area contributed by atoms with E-state index in [1.807, 2.05) is 0 Å². The summed E-state index contributed by atoms with van der Waals surface area (Å²) in [6.45, 7) is 1.39. The third kappa shape index (κ3) is 2.71. The van der Waals surface area contributed by atoms with E-state index in [-0.39, 0.29) is 21.2 Å².